The van der Waals surface area contributed by atoms with Crippen molar-refractivity contribution in [3.05, 3.63) is 33.3 Å². The second-order valence-corrected chi connectivity index (χ2v) is 4.69. The van der Waals surface area contributed by atoms with Gasteiger partial charge in [-0.05, 0) is 23.8 Å². The van der Waals surface area contributed by atoms with E-state index in [1.54, 1.807) is 18.2 Å². The minimum absolute atomic E-state index is 0.0312. The van der Waals surface area contributed by atoms with Gasteiger partial charge in [-0.3, -0.25) is 0 Å². The maximum absolute atomic E-state index is 12.6. The molecule has 0 aliphatic rings. The van der Waals surface area contributed by atoms with Crippen LogP contribution in [0.5, 0.6) is 0 Å². The van der Waals surface area contributed by atoms with E-state index in [0.29, 0.717) is 15.1 Å². The molecule has 7 heteroatoms. The van der Waals surface area contributed by atoms with Crippen molar-refractivity contribution in [2.45, 2.75) is 18.9 Å². The lowest BCUT2D eigenvalue weighted by Gasteiger charge is -2.16. The lowest BCUT2D eigenvalue weighted by molar-refractivity contribution is -0.125. The van der Waals surface area contributed by atoms with E-state index >= 15 is 0 Å². The Balaban J connectivity index is 2.54. The van der Waals surface area contributed by atoms with Gasteiger partial charge in [-0.25, -0.2) is 8.78 Å². The summed E-state index contributed by atoms with van der Waals surface area (Å²) in [7, 11) is 0. The minimum atomic E-state index is -4.02. The van der Waals surface area contributed by atoms with E-state index in [1.165, 1.54) is 0 Å². The lowest BCUT2D eigenvalue weighted by Crippen LogP contribution is -2.38. The van der Waals surface area contributed by atoms with Crippen LogP contribution in [0, 0.1) is 0 Å². The van der Waals surface area contributed by atoms with Gasteiger partial charge in [0.05, 0.1) is 6.54 Å². The Hall–Kier alpha value is -0.330. The largest absolute Gasteiger partial charge is 0.319 e. The van der Waals surface area contributed by atoms with Crippen molar-refractivity contribution in [1.82, 2.24) is 5.32 Å². The van der Waals surface area contributed by atoms with E-state index in [9.17, 15) is 17.6 Å². The molecule has 1 N–H and O–H groups in total. The van der Waals surface area contributed by atoms with Gasteiger partial charge in [0.2, 0.25) is 0 Å². The van der Waals surface area contributed by atoms with Crippen LogP contribution in [0.1, 0.15) is 5.56 Å². The summed E-state index contributed by atoms with van der Waals surface area (Å²) in [6, 6.07) is 4.85. The molecule has 17 heavy (non-hydrogen) atoms. The third-order valence-electron chi connectivity index (χ3n) is 2.00. The fraction of sp³-hybridized carbons (Fsp3) is 0.400. The Morgan fingerprint density at radius 2 is 2.00 bits per heavy atom. The first-order valence-electron chi connectivity index (χ1n) is 4.63. The zero-order valence-corrected chi connectivity index (χ0v) is 10.8. The molecule has 0 heterocycles. The summed E-state index contributed by atoms with van der Waals surface area (Å²) >= 11 is 8.93. The summed E-state index contributed by atoms with van der Waals surface area (Å²) < 4.78 is 49.6. The second-order valence-electron chi connectivity index (χ2n) is 3.40. The number of alkyl halides is 4. The second kappa shape index (κ2) is 6.02. The highest BCUT2D eigenvalue weighted by Gasteiger charge is 2.39. The smallest absolute Gasteiger partial charge is 0.307 e. The van der Waals surface area contributed by atoms with Crippen LogP contribution in [0.2, 0.25) is 5.02 Å². The molecular formula is C10H9BrClF4N. The van der Waals surface area contributed by atoms with Crippen LogP contribution >= 0.6 is 27.5 Å². The maximum Gasteiger partial charge on any atom is 0.319 e. The summed E-state index contributed by atoms with van der Waals surface area (Å²) in [4.78, 5) is 0. The third-order valence-corrected chi connectivity index (χ3v) is 3.01. The van der Waals surface area contributed by atoms with Crippen LogP contribution in [0.15, 0.2) is 22.7 Å². The minimum Gasteiger partial charge on any atom is -0.307 e. The number of nitrogens with one attached hydrogen (secondary N) is 1. The predicted octanol–water partition coefficient (Wildman–Crippen LogP) is 4.09. The van der Waals surface area contributed by atoms with E-state index in [2.05, 4.69) is 21.2 Å². The zero-order valence-electron chi connectivity index (χ0n) is 8.49. The van der Waals surface area contributed by atoms with Gasteiger partial charge in [-0.2, -0.15) is 8.78 Å². The molecule has 1 rings (SSSR count). The van der Waals surface area contributed by atoms with Gasteiger partial charge in [0, 0.05) is 16.0 Å². The molecule has 0 saturated carbocycles. The van der Waals surface area contributed by atoms with Crippen molar-refractivity contribution in [3.8, 4) is 0 Å². The highest BCUT2D eigenvalue weighted by molar-refractivity contribution is 9.10. The number of hydrogen-bond acceptors (Lipinski definition) is 1. The Morgan fingerprint density at radius 1 is 1.35 bits per heavy atom. The first-order chi connectivity index (χ1) is 7.83. The summed E-state index contributed by atoms with van der Waals surface area (Å²) in [5.74, 6) is -4.02. The first kappa shape index (κ1) is 14.7. The number of rotatable bonds is 5. The molecule has 0 amide bonds. The topological polar surface area (TPSA) is 12.0 Å². The molecule has 1 aromatic carbocycles. The summed E-state index contributed by atoms with van der Waals surface area (Å²) in [5.41, 5.74) is 0.627. The third kappa shape index (κ3) is 4.44. The van der Waals surface area contributed by atoms with Crippen LogP contribution < -0.4 is 5.32 Å². The Labute approximate surface area is 109 Å². The van der Waals surface area contributed by atoms with Gasteiger partial charge in [-0.15, -0.1) is 0 Å². The molecule has 0 bridgehead atoms. The van der Waals surface area contributed by atoms with E-state index < -0.39 is 18.9 Å². The quantitative estimate of drug-likeness (QED) is 0.800. The Morgan fingerprint density at radius 3 is 2.59 bits per heavy atom. The van der Waals surface area contributed by atoms with Gasteiger partial charge < -0.3 is 5.32 Å². The predicted molar refractivity (Wildman–Crippen MR) is 61.8 cm³/mol. The molecule has 0 aliphatic carbocycles. The average Bonchev–Trinajstić information content (AvgIpc) is 2.22. The van der Waals surface area contributed by atoms with E-state index in [1.807, 2.05) is 0 Å². The lowest BCUT2D eigenvalue weighted by atomic mass is 10.2. The fourth-order valence-corrected chi connectivity index (χ4v) is 1.70. The molecule has 0 radical (unpaired) electrons. The molecule has 0 fully saturated rings. The zero-order chi connectivity index (χ0) is 13.1. The van der Waals surface area contributed by atoms with E-state index in [4.69, 9.17) is 11.6 Å². The van der Waals surface area contributed by atoms with Gasteiger partial charge in [-0.1, -0.05) is 27.5 Å². The van der Waals surface area contributed by atoms with Crippen molar-refractivity contribution in [3.63, 3.8) is 0 Å². The van der Waals surface area contributed by atoms with Crippen LogP contribution in [0.4, 0.5) is 17.6 Å². The van der Waals surface area contributed by atoms with Crippen LogP contribution in [-0.2, 0) is 6.54 Å². The average molecular weight is 335 g/mol. The molecular weight excluding hydrogens is 325 g/mol. The van der Waals surface area contributed by atoms with Gasteiger partial charge in [0.1, 0.15) is 0 Å². The van der Waals surface area contributed by atoms with Gasteiger partial charge in [0.25, 0.3) is 0 Å². The molecule has 0 saturated heterocycles. The number of benzene rings is 1. The first-order valence-corrected chi connectivity index (χ1v) is 5.80. The monoisotopic (exact) mass is 333 g/mol. The van der Waals surface area contributed by atoms with Crippen molar-refractivity contribution in [1.29, 1.82) is 0 Å². The molecule has 1 nitrogen and oxygen atoms in total. The normalized spacial score (nSPS) is 12.2. The molecule has 0 unspecified atom stereocenters. The standard InChI is InChI=1S/C10H9BrClF4N/c11-8-2-1-7(12)3-6(8)4-17-5-10(15,16)9(13)14/h1-3,9,17H,4-5H2. The molecule has 0 spiro atoms. The van der Waals surface area contributed by atoms with E-state index in [-0.39, 0.29) is 6.54 Å². The van der Waals surface area contributed by atoms with Crippen LogP contribution in [0.3, 0.4) is 0 Å². The molecule has 1 aromatic rings. The maximum atomic E-state index is 12.6. The Bertz CT molecular complexity index is 387. The Kier molecular flexibility index (Phi) is 5.22. The molecule has 0 atom stereocenters. The highest BCUT2D eigenvalue weighted by Crippen LogP contribution is 2.23. The van der Waals surface area contributed by atoms with Gasteiger partial charge in [0.15, 0.2) is 0 Å². The number of halogens is 6. The van der Waals surface area contributed by atoms with Crippen molar-refractivity contribution >= 4 is 27.5 Å². The van der Waals surface area contributed by atoms with E-state index in [0.717, 1.165) is 0 Å². The van der Waals surface area contributed by atoms with Crippen molar-refractivity contribution in [2.24, 2.45) is 0 Å². The SMILES string of the molecule is FC(F)C(F)(F)CNCc1cc(Cl)ccc1Br. The van der Waals surface area contributed by atoms with Crippen LogP contribution in [-0.4, -0.2) is 18.9 Å². The van der Waals surface area contributed by atoms with Gasteiger partial charge >= 0.3 is 12.3 Å². The summed E-state index contributed by atoms with van der Waals surface area (Å²) in [6.07, 6.45) is -3.67. The van der Waals surface area contributed by atoms with Crippen molar-refractivity contribution < 1.29 is 17.6 Å². The molecule has 0 aliphatic heterocycles. The van der Waals surface area contributed by atoms with Crippen LogP contribution in [0.25, 0.3) is 0 Å². The molecule has 0 aromatic heterocycles. The summed E-state index contributed by atoms with van der Waals surface area (Å²) in [5, 5.41) is 2.72. The fourth-order valence-electron chi connectivity index (χ4n) is 1.12. The number of hydrogen-bond donors (Lipinski definition) is 1. The molecule has 96 valence electrons. The van der Waals surface area contributed by atoms with Crippen molar-refractivity contribution in [2.75, 3.05) is 6.54 Å². The highest BCUT2D eigenvalue weighted by atomic mass is 79.9. The summed E-state index contributed by atoms with van der Waals surface area (Å²) in [6.45, 7) is -1.05.